The molecule has 0 aliphatic rings. The van der Waals surface area contributed by atoms with Crippen LogP contribution < -0.4 is 5.32 Å². The van der Waals surface area contributed by atoms with Crippen molar-refractivity contribution < 1.29 is 47.8 Å². The predicted molar refractivity (Wildman–Crippen MR) is 245 cm³/mol. The van der Waals surface area contributed by atoms with Crippen molar-refractivity contribution in [3.63, 3.8) is 0 Å². The molecule has 0 rings (SSSR count). The molecule has 354 valence electrons. The topological polar surface area (TPSA) is 169 Å². The van der Waals surface area contributed by atoms with Crippen LogP contribution in [0.15, 0.2) is 12.2 Å². The number of carboxylic acid groups (broad SMARTS) is 1. The molecule has 1 amide bonds. The molecular formula is C48H92NO10P. The number of hydrogen-bond donors (Lipinski definition) is 4. The Hall–Kier alpha value is -1.78. The summed E-state index contributed by atoms with van der Waals surface area (Å²) in [6.07, 6.45) is 45.2. The maximum Gasteiger partial charge on any atom is 0.472 e. The molecule has 0 radical (unpaired) electrons. The van der Waals surface area contributed by atoms with Crippen LogP contribution in [0.3, 0.4) is 0 Å². The van der Waals surface area contributed by atoms with Gasteiger partial charge in [-0.2, -0.15) is 0 Å². The number of carboxylic acids is 1. The molecule has 12 heteroatoms. The minimum Gasteiger partial charge on any atom is -0.480 e. The number of unbranched alkanes of at least 4 members (excludes halogenated alkanes) is 31. The number of allylic oxidation sites excluding steroid dienone is 2. The van der Waals surface area contributed by atoms with Gasteiger partial charge in [0, 0.05) is 12.8 Å². The van der Waals surface area contributed by atoms with Crippen molar-refractivity contribution in [2.24, 2.45) is 0 Å². The van der Waals surface area contributed by atoms with Gasteiger partial charge < -0.3 is 25.2 Å². The van der Waals surface area contributed by atoms with Gasteiger partial charge in [-0.15, -0.1) is 0 Å². The number of carbonyl (C=O) groups is 3. The summed E-state index contributed by atoms with van der Waals surface area (Å²) in [5.74, 6) is -2.37. The van der Waals surface area contributed by atoms with Gasteiger partial charge in [0.1, 0.15) is 12.7 Å². The van der Waals surface area contributed by atoms with E-state index in [2.05, 4.69) is 31.3 Å². The van der Waals surface area contributed by atoms with Gasteiger partial charge >= 0.3 is 19.8 Å². The zero-order valence-electron chi connectivity index (χ0n) is 38.5. The highest BCUT2D eigenvalue weighted by Gasteiger charge is 2.28. The third-order valence-electron chi connectivity index (χ3n) is 11.1. The van der Waals surface area contributed by atoms with Crippen molar-refractivity contribution in [1.29, 1.82) is 0 Å². The third-order valence-corrected chi connectivity index (χ3v) is 12.0. The maximum absolute atomic E-state index is 12.3. The molecule has 0 aromatic rings. The fourth-order valence-electron chi connectivity index (χ4n) is 7.19. The number of rotatable bonds is 47. The number of phosphoric ester groups is 1. The summed E-state index contributed by atoms with van der Waals surface area (Å²) in [6, 6.07) is -1.55. The van der Waals surface area contributed by atoms with Gasteiger partial charge in [0.15, 0.2) is 6.04 Å². The Morgan fingerprint density at radius 3 is 1.27 bits per heavy atom. The molecule has 0 aliphatic heterocycles. The zero-order chi connectivity index (χ0) is 44.2. The van der Waals surface area contributed by atoms with Gasteiger partial charge in [-0.3, -0.25) is 18.6 Å². The summed E-state index contributed by atoms with van der Waals surface area (Å²) in [4.78, 5) is 46.0. The fourth-order valence-corrected chi connectivity index (χ4v) is 7.97. The smallest absolute Gasteiger partial charge is 0.472 e. The minimum atomic E-state index is -4.76. The lowest BCUT2D eigenvalue weighted by Gasteiger charge is -2.18. The van der Waals surface area contributed by atoms with E-state index in [4.69, 9.17) is 13.8 Å². The Labute approximate surface area is 367 Å². The Morgan fingerprint density at radius 1 is 0.517 bits per heavy atom. The highest BCUT2D eigenvalue weighted by molar-refractivity contribution is 7.47. The van der Waals surface area contributed by atoms with Gasteiger partial charge in [0.2, 0.25) is 5.91 Å². The van der Waals surface area contributed by atoms with E-state index in [9.17, 15) is 34.1 Å². The summed E-state index contributed by atoms with van der Waals surface area (Å²) in [5.41, 5.74) is 0. The summed E-state index contributed by atoms with van der Waals surface area (Å²) in [7, 11) is -4.76. The van der Waals surface area contributed by atoms with Crippen molar-refractivity contribution in [3.05, 3.63) is 12.2 Å². The number of carbonyl (C=O) groups excluding carboxylic acids is 2. The monoisotopic (exact) mass is 874 g/mol. The standard InChI is InChI=1S/C48H92NO10P/c1-3-5-7-9-11-13-15-17-19-20-21-22-23-24-26-28-30-32-34-36-38-40-47(52)57-41-44(50)42-58-60(55,56)59-43-45(48(53)54)49-46(51)39-37-35-33-31-29-27-25-18-16-14-12-10-8-6-4-2/h18,25,44-45,50H,3-17,19-24,26-43H2,1-2H3,(H,49,51)(H,53,54)(H,55,56)/b25-18-. The van der Waals surface area contributed by atoms with Crippen molar-refractivity contribution >= 4 is 25.7 Å². The van der Waals surface area contributed by atoms with Gasteiger partial charge in [-0.1, -0.05) is 206 Å². The molecule has 0 fully saturated rings. The minimum absolute atomic E-state index is 0.139. The Balaban J connectivity index is 3.80. The van der Waals surface area contributed by atoms with Crippen LogP contribution in [0.1, 0.15) is 245 Å². The van der Waals surface area contributed by atoms with Crippen LogP contribution in [0.5, 0.6) is 0 Å². The molecule has 0 aliphatic carbocycles. The molecule has 0 heterocycles. The van der Waals surface area contributed by atoms with Crippen LogP contribution in [0.4, 0.5) is 0 Å². The predicted octanol–water partition coefficient (Wildman–Crippen LogP) is 13.2. The fraction of sp³-hybridized carbons (Fsp3) is 0.896. The van der Waals surface area contributed by atoms with E-state index in [1.807, 2.05) is 0 Å². The van der Waals surface area contributed by atoms with Crippen molar-refractivity contribution in [1.82, 2.24) is 5.32 Å². The number of nitrogens with one attached hydrogen (secondary N) is 1. The van der Waals surface area contributed by atoms with E-state index in [-0.39, 0.29) is 12.8 Å². The molecule has 0 spiro atoms. The van der Waals surface area contributed by atoms with E-state index in [1.54, 1.807) is 0 Å². The average molecular weight is 874 g/mol. The largest absolute Gasteiger partial charge is 0.480 e. The van der Waals surface area contributed by atoms with Crippen LogP contribution in [0, 0.1) is 0 Å². The van der Waals surface area contributed by atoms with E-state index >= 15 is 0 Å². The van der Waals surface area contributed by atoms with Crippen molar-refractivity contribution in [3.8, 4) is 0 Å². The summed E-state index contributed by atoms with van der Waals surface area (Å²) >= 11 is 0. The maximum atomic E-state index is 12.3. The van der Waals surface area contributed by atoms with Gasteiger partial charge in [-0.05, 0) is 38.5 Å². The Morgan fingerprint density at radius 2 is 0.867 bits per heavy atom. The number of hydrogen-bond acceptors (Lipinski definition) is 8. The SMILES string of the molecule is CCCCCCCC/C=C\CCCCCCCC(=O)NC(COP(=O)(O)OCC(O)COC(=O)CCCCCCCCCCCCCCCCCCCCCCC)C(=O)O. The molecule has 0 saturated carbocycles. The normalized spacial score (nSPS) is 13.7. The van der Waals surface area contributed by atoms with Crippen LogP contribution in [-0.2, 0) is 32.7 Å². The first-order valence-corrected chi connectivity index (χ1v) is 26.2. The number of aliphatic hydroxyl groups excluding tert-OH is 1. The molecule has 4 N–H and O–H groups in total. The molecule has 0 saturated heterocycles. The number of phosphoric acid groups is 1. The molecule has 0 bridgehead atoms. The van der Waals surface area contributed by atoms with Gasteiger partial charge in [0.25, 0.3) is 0 Å². The second-order valence-corrected chi connectivity index (χ2v) is 18.5. The number of ether oxygens (including phenoxy) is 1. The highest BCUT2D eigenvalue weighted by atomic mass is 31.2. The molecule has 60 heavy (non-hydrogen) atoms. The number of esters is 1. The van der Waals surface area contributed by atoms with Crippen LogP contribution >= 0.6 is 7.82 Å². The zero-order valence-corrected chi connectivity index (χ0v) is 39.4. The first kappa shape index (κ1) is 58.2. The first-order valence-electron chi connectivity index (χ1n) is 24.7. The second-order valence-electron chi connectivity index (χ2n) is 17.0. The lowest BCUT2D eigenvalue weighted by Crippen LogP contribution is -2.43. The number of aliphatic carboxylic acids is 1. The van der Waals surface area contributed by atoms with Crippen LogP contribution in [0.25, 0.3) is 0 Å². The van der Waals surface area contributed by atoms with E-state index < -0.39 is 57.6 Å². The lowest BCUT2D eigenvalue weighted by molar-refractivity contribution is -0.147. The first-order chi connectivity index (χ1) is 29.1. The quantitative estimate of drug-likeness (QED) is 0.0200. The summed E-state index contributed by atoms with van der Waals surface area (Å²) in [6.45, 7) is 2.62. The molecular weight excluding hydrogens is 781 g/mol. The summed E-state index contributed by atoms with van der Waals surface area (Å²) < 4.78 is 26.9. The second kappa shape index (κ2) is 43.9. The van der Waals surface area contributed by atoms with Gasteiger partial charge in [0.05, 0.1) is 13.2 Å². The molecule has 11 nitrogen and oxygen atoms in total. The van der Waals surface area contributed by atoms with E-state index in [1.165, 1.54) is 148 Å². The molecule has 0 aromatic heterocycles. The Bertz CT molecular complexity index is 1070. The molecule has 3 unspecified atom stereocenters. The van der Waals surface area contributed by atoms with Crippen LogP contribution in [-0.4, -0.2) is 64.9 Å². The number of amides is 1. The van der Waals surface area contributed by atoms with Crippen molar-refractivity contribution in [2.75, 3.05) is 19.8 Å². The molecule has 0 aromatic carbocycles. The Kier molecular flexibility index (Phi) is 42.6. The average Bonchev–Trinajstić information content (AvgIpc) is 3.22. The highest BCUT2D eigenvalue weighted by Crippen LogP contribution is 2.43. The summed E-state index contributed by atoms with van der Waals surface area (Å²) in [5, 5.41) is 21.9. The van der Waals surface area contributed by atoms with Gasteiger partial charge in [-0.25, -0.2) is 9.36 Å². The molecule has 3 atom stereocenters. The third kappa shape index (κ3) is 42.9. The van der Waals surface area contributed by atoms with E-state index in [0.717, 1.165) is 57.8 Å². The lowest BCUT2D eigenvalue weighted by atomic mass is 10.0. The van der Waals surface area contributed by atoms with E-state index in [0.29, 0.717) is 12.8 Å². The van der Waals surface area contributed by atoms with Crippen molar-refractivity contribution in [2.45, 2.75) is 257 Å². The number of aliphatic hydroxyl groups is 1. The van der Waals surface area contributed by atoms with Crippen LogP contribution in [0.2, 0.25) is 0 Å².